The minimum atomic E-state index is -1.43. The maximum Gasteiger partial charge on any atom is 0.334 e. The van der Waals surface area contributed by atoms with Crippen molar-refractivity contribution in [3.8, 4) is 0 Å². The Balaban J connectivity index is 1.86. The van der Waals surface area contributed by atoms with Crippen LogP contribution < -0.4 is 0 Å². The van der Waals surface area contributed by atoms with Crippen molar-refractivity contribution in [2.24, 2.45) is 23.7 Å². The van der Waals surface area contributed by atoms with Crippen molar-refractivity contribution in [3.63, 3.8) is 0 Å². The molecule has 1 aromatic carbocycles. The molecule has 0 spiro atoms. The Morgan fingerprint density at radius 2 is 1.46 bits per heavy atom. The van der Waals surface area contributed by atoms with Crippen LogP contribution in [-0.2, 0) is 9.53 Å². The topological polar surface area (TPSA) is 26.3 Å². The highest BCUT2D eigenvalue weighted by Crippen LogP contribution is 2.69. The first-order chi connectivity index (χ1) is 13.1. The van der Waals surface area contributed by atoms with Gasteiger partial charge in [0, 0.05) is 11.5 Å². The zero-order valence-corrected chi connectivity index (χ0v) is 20.4. The summed E-state index contributed by atoms with van der Waals surface area (Å²) in [6.45, 7) is 17.4. The molecule has 4 heteroatoms. The van der Waals surface area contributed by atoms with E-state index in [1.807, 2.05) is 17.3 Å². The number of ether oxygens (including phenoxy) is 1. The molecule has 0 aromatic heterocycles. The molecule has 2 bridgehead atoms. The minimum Gasteiger partial charge on any atom is -0.463 e. The van der Waals surface area contributed by atoms with Crippen LogP contribution in [0.3, 0.4) is 0 Å². The van der Waals surface area contributed by atoms with Crippen LogP contribution in [0.25, 0.3) is 5.57 Å². The van der Waals surface area contributed by atoms with Crippen molar-refractivity contribution >= 4 is 27.7 Å². The van der Waals surface area contributed by atoms with Gasteiger partial charge >= 0.3 is 5.97 Å². The average Bonchev–Trinajstić information content (AvgIpc) is 3.07. The minimum absolute atomic E-state index is 0.0698. The molecule has 3 aliphatic carbocycles. The quantitative estimate of drug-likeness (QED) is 0.443. The molecule has 2 nitrogen and oxygen atoms in total. The lowest BCUT2D eigenvalue weighted by atomic mass is 9.61. The Kier molecular flexibility index (Phi) is 4.66. The summed E-state index contributed by atoms with van der Waals surface area (Å²) in [6, 6.07) is 10.6. The molecule has 0 N–H and O–H groups in total. The third-order valence-corrected chi connectivity index (χ3v) is 11.7. The molecular formula is C24H34O2Si2. The molecule has 0 radical (unpaired) electrons. The fourth-order valence-corrected chi connectivity index (χ4v) is 13.5. The summed E-state index contributed by atoms with van der Waals surface area (Å²) in [7, 11) is -2.84. The Morgan fingerprint density at radius 3 is 1.96 bits per heavy atom. The van der Waals surface area contributed by atoms with Gasteiger partial charge in [-0.05, 0) is 42.2 Å². The number of carbonyl (C=O) groups is 1. The van der Waals surface area contributed by atoms with E-state index in [9.17, 15) is 4.79 Å². The lowest BCUT2D eigenvalue weighted by Crippen LogP contribution is -2.47. The normalized spacial score (nSPS) is 29.1. The molecular weight excluding hydrogens is 376 g/mol. The van der Waals surface area contributed by atoms with Crippen molar-refractivity contribution < 1.29 is 9.53 Å². The molecule has 0 unspecified atom stereocenters. The summed E-state index contributed by atoms with van der Waals surface area (Å²) in [5.74, 6) is 2.07. The van der Waals surface area contributed by atoms with E-state index >= 15 is 0 Å². The van der Waals surface area contributed by atoms with Crippen molar-refractivity contribution in [2.45, 2.75) is 52.6 Å². The third-order valence-electron chi connectivity index (χ3n) is 6.95. The Hall–Kier alpha value is -1.40. The van der Waals surface area contributed by atoms with E-state index in [1.165, 1.54) is 17.6 Å². The van der Waals surface area contributed by atoms with Crippen LogP contribution in [0, 0.1) is 23.7 Å². The largest absolute Gasteiger partial charge is 0.463 e. The summed E-state index contributed by atoms with van der Waals surface area (Å²) in [5, 5.41) is 3.67. The fraction of sp³-hybridized carbons (Fsp3) is 0.542. The highest BCUT2D eigenvalue weighted by Gasteiger charge is 2.64. The van der Waals surface area contributed by atoms with E-state index < -0.39 is 16.1 Å². The molecule has 0 saturated heterocycles. The fourth-order valence-electron chi connectivity index (χ4n) is 6.43. The van der Waals surface area contributed by atoms with Gasteiger partial charge < -0.3 is 4.74 Å². The zero-order valence-electron chi connectivity index (χ0n) is 18.4. The predicted octanol–water partition coefficient (Wildman–Crippen LogP) is 5.95. The van der Waals surface area contributed by atoms with Gasteiger partial charge in [-0.15, -0.1) is 0 Å². The van der Waals surface area contributed by atoms with E-state index in [0.717, 1.165) is 5.57 Å². The molecule has 0 aliphatic heterocycles. The van der Waals surface area contributed by atoms with Crippen LogP contribution in [0.4, 0.5) is 0 Å². The first kappa shape index (κ1) is 19.9. The van der Waals surface area contributed by atoms with E-state index in [1.54, 1.807) is 0 Å². The standard InChI is InChI=1S/C24H34O2Si2/c1-8-26-24(25)21-18(15-12-10-9-11-13-15)19-16-14-17(20(19)21)23(28(5,6)7)22(16)27(2,3)4/h9-13,16-17,19-20H,8,14H2,1-7H3/t16-,17+,19-,20-/m0/s1. The monoisotopic (exact) mass is 410 g/mol. The van der Waals surface area contributed by atoms with Gasteiger partial charge in [-0.25, -0.2) is 4.79 Å². The number of esters is 1. The number of allylic oxidation sites excluding steroid dienone is 3. The molecule has 4 atom stereocenters. The van der Waals surface area contributed by atoms with E-state index in [2.05, 4.69) is 69.6 Å². The molecule has 0 heterocycles. The third kappa shape index (κ3) is 2.83. The van der Waals surface area contributed by atoms with Gasteiger partial charge in [0.2, 0.25) is 0 Å². The van der Waals surface area contributed by atoms with Crippen LogP contribution in [0.1, 0.15) is 18.9 Å². The van der Waals surface area contributed by atoms with E-state index in [-0.39, 0.29) is 5.97 Å². The summed E-state index contributed by atoms with van der Waals surface area (Å²) in [6.07, 6.45) is 1.26. The maximum atomic E-state index is 13.0. The van der Waals surface area contributed by atoms with Crippen LogP contribution in [-0.4, -0.2) is 28.7 Å². The first-order valence-electron chi connectivity index (χ1n) is 10.8. The second-order valence-corrected chi connectivity index (χ2v) is 20.8. The summed E-state index contributed by atoms with van der Waals surface area (Å²) in [5.41, 5.74) is 3.52. The Bertz CT molecular complexity index is 868. The van der Waals surface area contributed by atoms with Gasteiger partial charge in [0.15, 0.2) is 0 Å². The number of hydrogen-bond acceptors (Lipinski definition) is 2. The molecule has 0 amide bonds. The van der Waals surface area contributed by atoms with Crippen molar-refractivity contribution in [2.75, 3.05) is 6.61 Å². The zero-order chi connectivity index (χ0) is 20.4. The molecule has 1 aromatic rings. The van der Waals surface area contributed by atoms with Gasteiger partial charge in [0.1, 0.15) is 0 Å². The second kappa shape index (κ2) is 6.56. The SMILES string of the molecule is CCOC(=O)C1=C(c2ccccc2)[C@H]2[C@@H]1[C@H]1C[C@@H]2C([Si](C)(C)C)=C1[Si](C)(C)C. The van der Waals surface area contributed by atoms with Crippen molar-refractivity contribution in [1.82, 2.24) is 0 Å². The molecule has 4 rings (SSSR count). The van der Waals surface area contributed by atoms with E-state index in [4.69, 9.17) is 4.74 Å². The predicted molar refractivity (Wildman–Crippen MR) is 122 cm³/mol. The lowest BCUT2D eigenvalue weighted by Gasteiger charge is -2.49. The van der Waals surface area contributed by atoms with Gasteiger partial charge in [-0.2, -0.15) is 0 Å². The number of carbonyl (C=O) groups excluding carboxylic acids is 1. The van der Waals surface area contributed by atoms with Crippen LogP contribution in [0.2, 0.25) is 39.3 Å². The van der Waals surface area contributed by atoms with Crippen LogP contribution in [0.5, 0.6) is 0 Å². The number of benzene rings is 1. The van der Waals surface area contributed by atoms with Gasteiger partial charge in [-0.1, -0.05) is 80.0 Å². The summed E-state index contributed by atoms with van der Waals surface area (Å²) < 4.78 is 5.54. The van der Waals surface area contributed by atoms with Gasteiger partial charge in [-0.3, -0.25) is 0 Å². The highest BCUT2D eigenvalue weighted by molar-refractivity contribution is 6.89. The number of hydrogen-bond donors (Lipinski definition) is 0. The highest BCUT2D eigenvalue weighted by atomic mass is 28.3. The molecule has 150 valence electrons. The molecule has 1 fully saturated rings. The molecule has 1 saturated carbocycles. The summed E-state index contributed by atoms with van der Waals surface area (Å²) in [4.78, 5) is 13.0. The average molecular weight is 411 g/mol. The molecule has 3 aliphatic rings. The van der Waals surface area contributed by atoms with Crippen molar-refractivity contribution in [1.29, 1.82) is 0 Å². The number of fused-ring (bicyclic) bond motifs is 5. The van der Waals surface area contributed by atoms with Gasteiger partial charge in [0.25, 0.3) is 0 Å². The Morgan fingerprint density at radius 1 is 0.929 bits per heavy atom. The van der Waals surface area contributed by atoms with Crippen LogP contribution >= 0.6 is 0 Å². The summed E-state index contributed by atoms with van der Waals surface area (Å²) >= 11 is 0. The smallest absolute Gasteiger partial charge is 0.334 e. The second-order valence-electron chi connectivity index (χ2n) is 10.7. The lowest BCUT2D eigenvalue weighted by molar-refractivity contribution is -0.139. The van der Waals surface area contributed by atoms with Crippen molar-refractivity contribution in [3.05, 3.63) is 51.9 Å². The Labute approximate surface area is 172 Å². The maximum absolute atomic E-state index is 13.0. The number of rotatable bonds is 5. The van der Waals surface area contributed by atoms with Crippen LogP contribution in [0.15, 0.2) is 46.3 Å². The van der Waals surface area contributed by atoms with Gasteiger partial charge in [0.05, 0.1) is 22.8 Å². The first-order valence-corrected chi connectivity index (χ1v) is 17.8. The van der Waals surface area contributed by atoms with E-state index in [0.29, 0.717) is 30.3 Å². The molecule has 28 heavy (non-hydrogen) atoms.